The van der Waals surface area contributed by atoms with Gasteiger partial charge >= 0.3 is 0 Å². The molecule has 1 saturated carbocycles. The average molecular weight is 310 g/mol. The van der Waals surface area contributed by atoms with E-state index in [0.29, 0.717) is 11.8 Å². The second-order valence-corrected chi connectivity index (χ2v) is 7.07. The number of nitrogens with one attached hydrogen (secondary N) is 1. The van der Waals surface area contributed by atoms with Gasteiger partial charge in [0.1, 0.15) is 0 Å². The highest BCUT2D eigenvalue weighted by molar-refractivity contribution is 5.78. The minimum atomic E-state index is 0.289. The van der Waals surface area contributed by atoms with E-state index in [0.717, 1.165) is 39.0 Å². The van der Waals surface area contributed by atoms with Crippen LogP contribution in [-0.2, 0) is 9.53 Å². The van der Waals surface area contributed by atoms with E-state index in [2.05, 4.69) is 10.2 Å². The number of carbonyl (C=O) groups excluding carboxylic acids is 1. The highest BCUT2D eigenvalue weighted by Gasteiger charge is 2.23. The fraction of sp³-hybridized carbons (Fsp3) is 0.944. The predicted octanol–water partition coefficient (Wildman–Crippen LogP) is 2.82. The number of hydrogen-bond donors (Lipinski definition) is 1. The van der Waals surface area contributed by atoms with Crippen molar-refractivity contribution in [3.8, 4) is 0 Å². The molecule has 128 valence electrons. The van der Waals surface area contributed by atoms with E-state index in [-0.39, 0.29) is 5.92 Å². The number of hydrogen-bond acceptors (Lipinski definition) is 3. The molecule has 1 heterocycles. The van der Waals surface area contributed by atoms with Crippen LogP contribution < -0.4 is 5.32 Å². The van der Waals surface area contributed by atoms with E-state index in [1.807, 2.05) is 0 Å². The predicted molar refractivity (Wildman–Crippen MR) is 89.9 cm³/mol. The van der Waals surface area contributed by atoms with Crippen molar-refractivity contribution in [3.63, 3.8) is 0 Å². The van der Waals surface area contributed by atoms with Crippen LogP contribution in [-0.4, -0.2) is 50.7 Å². The first-order valence-electron chi connectivity index (χ1n) is 9.28. The van der Waals surface area contributed by atoms with Crippen LogP contribution in [0.2, 0.25) is 0 Å². The lowest BCUT2D eigenvalue weighted by Gasteiger charge is -2.32. The van der Waals surface area contributed by atoms with Crippen LogP contribution in [0.25, 0.3) is 0 Å². The van der Waals surface area contributed by atoms with Gasteiger partial charge in [-0.2, -0.15) is 0 Å². The first-order chi connectivity index (χ1) is 10.8. The molecule has 0 aromatic rings. The third-order valence-corrected chi connectivity index (χ3v) is 5.32. The Morgan fingerprint density at radius 3 is 2.41 bits per heavy atom. The number of piperidine rings is 1. The molecule has 0 radical (unpaired) electrons. The number of methoxy groups -OCH3 is 1. The van der Waals surface area contributed by atoms with Crippen molar-refractivity contribution in [2.24, 2.45) is 11.8 Å². The van der Waals surface area contributed by atoms with E-state index >= 15 is 0 Å². The molecular formula is C18H34N2O2. The molecule has 0 bridgehead atoms. The van der Waals surface area contributed by atoms with Gasteiger partial charge in [0, 0.05) is 32.7 Å². The summed E-state index contributed by atoms with van der Waals surface area (Å²) in [4.78, 5) is 14.8. The second-order valence-electron chi connectivity index (χ2n) is 7.07. The van der Waals surface area contributed by atoms with Gasteiger partial charge in [0.2, 0.25) is 5.91 Å². The summed E-state index contributed by atoms with van der Waals surface area (Å²) >= 11 is 0. The third-order valence-electron chi connectivity index (χ3n) is 5.32. The quantitative estimate of drug-likeness (QED) is 0.581. The second kappa shape index (κ2) is 10.2. The van der Waals surface area contributed by atoms with Crippen LogP contribution >= 0.6 is 0 Å². The molecule has 0 unspecified atom stereocenters. The fourth-order valence-corrected chi connectivity index (χ4v) is 3.78. The summed E-state index contributed by atoms with van der Waals surface area (Å²) in [7, 11) is 1.77. The molecule has 4 heteroatoms. The summed E-state index contributed by atoms with van der Waals surface area (Å²) in [5.74, 6) is 1.29. The zero-order valence-electron chi connectivity index (χ0n) is 14.3. The summed E-state index contributed by atoms with van der Waals surface area (Å²) < 4.78 is 5.11. The molecule has 0 spiro atoms. The van der Waals surface area contributed by atoms with Gasteiger partial charge in [-0.3, -0.25) is 4.79 Å². The molecule has 1 aliphatic heterocycles. The molecule has 1 saturated heterocycles. The van der Waals surface area contributed by atoms with E-state index in [4.69, 9.17) is 4.74 Å². The Labute approximate surface area is 136 Å². The van der Waals surface area contributed by atoms with Gasteiger partial charge in [-0.25, -0.2) is 0 Å². The molecule has 1 aliphatic carbocycles. The van der Waals surface area contributed by atoms with Gasteiger partial charge in [-0.1, -0.05) is 25.7 Å². The number of likely N-dealkylation sites (tertiary alicyclic amines) is 1. The molecule has 0 atom stereocenters. The minimum Gasteiger partial charge on any atom is -0.385 e. The fourth-order valence-electron chi connectivity index (χ4n) is 3.78. The molecule has 0 aromatic heterocycles. The molecule has 1 N–H and O–H groups in total. The molecule has 22 heavy (non-hydrogen) atoms. The van der Waals surface area contributed by atoms with Crippen LogP contribution in [0.5, 0.6) is 0 Å². The highest BCUT2D eigenvalue weighted by atomic mass is 16.5. The topological polar surface area (TPSA) is 41.6 Å². The van der Waals surface area contributed by atoms with Crippen molar-refractivity contribution in [1.29, 1.82) is 0 Å². The van der Waals surface area contributed by atoms with Crippen LogP contribution in [0.4, 0.5) is 0 Å². The molecule has 0 aromatic carbocycles. The van der Waals surface area contributed by atoms with Crippen molar-refractivity contribution in [2.75, 3.05) is 39.9 Å². The maximum absolute atomic E-state index is 12.3. The lowest BCUT2D eigenvalue weighted by molar-refractivity contribution is -0.125. The highest BCUT2D eigenvalue weighted by Crippen LogP contribution is 2.23. The van der Waals surface area contributed by atoms with E-state index in [9.17, 15) is 4.79 Å². The Morgan fingerprint density at radius 2 is 1.77 bits per heavy atom. The standard InChI is InChI=1S/C18H34N2O2/c1-22-14-6-11-20-12-9-16(10-13-20)15-19-18(21)17-7-4-2-3-5-8-17/h16-17H,2-15H2,1H3,(H,19,21). The van der Waals surface area contributed by atoms with Crippen LogP contribution in [0.1, 0.15) is 57.8 Å². The van der Waals surface area contributed by atoms with Crippen molar-refractivity contribution in [2.45, 2.75) is 57.8 Å². The Balaban J connectivity index is 1.58. The summed E-state index contributed by atoms with van der Waals surface area (Å²) in [5, 5.41) is 3.24. The number of nitrogens with zero attached hydrogens (tertiary/aromatic N) is 1. The molecule has 2 rings (SSSR count). The summed E-state index contributed by atoms with van der Waals surface area (Å²) in [5.41, 5.74) is 0. The SMILES string of the molecule is COCCCN1CCC(CNC(=O)C2CCCCCC2)CC1. The van der Waals surface area contributed by atoms with Crippen LogP contribution in [0.15, 0.2) is 0 Å². The number of rotatable bonds is 7. The smallest absolute Gasteiger partial charge is 0.223 e. The molecule has 4 nitrogen and oxygen atoms in total. The third kappa shape index (κ3) is 6.25. The lowest BCUT2D eigenvalue weighted by Crippen LogP contribution is -2.40. The monoisotopic (exact) mass is 310 g/mol. The van der Waals surface area contributed by atoms with Crippen molar-refractivity contribution >= 4 is 5.91 Å². The largest absolute Gasteiger partial charge is 0.385 e. The summed E-state index contributed by atoms with van der Waals surface area (Å²) in [6, 6.07) is 0. The van der Waals surface area contributed by atoms with Crippen molar-refractivity contribution in [3.05, 3.63) is 0 Å². The van der Waals surface area contributed by atoms with Crippen LogP contribution in [0.3, 0.4) is 0 Å². The minimum absolute atomic E-state index is 0.289. The lowest BCUT2D eigenvalue weighted by atomic mass is 9.95. The van der Waals surface area contributed by atoms with E-state index < -0.39 is 0 Å². The zero-order valence-corrected chi connectivity index (χ0v) is 14.3. The number of amides is 1. The number of carbonyl (C=O) groups is 1. The zero-order chi connectivity index (χ0) is 15.6. The van der Waals surface area contributed by atoms with Gasteiger partial charge < -0.3 is 15.0 Å². The van der Waals surface area contributed by atoms with Crippen molar-refractivity contribution in [1.82, 2.24) is 10.2 Å². The Bertz CT molecular complexity index is 306. The first kappa shape index (κ1) is 17.7. The number of ether oxygens (including phenoxy) is 1. The van der Waals surface area contributed by atoms with Crippen LogP contribution in [0, 0.1) is 11.8 Å². The molecule has 1 amide bonds. The van der Waals surface area contributed by atoms with Gasteiger partial charge in [-0.05, 0) is 51.1 Å². The molecule has 2 fully saturated rings. The Morgan fingerprint density at radius 1 is 1.09 bits per heavy atom. The molecule has 2 aliphatic rings. The van der Waals surface area contributed by atoms with Gasteiger partial charge in [0.25, 0.3) is 0 Å². The summed E-state index contributed by atoms with van der Waals surface area (Å²) in [6.07, 6.45) is 10.9. The first-order valence-corrected chi connectivity index (χ1v) is 9.28. The Kier molecular flexibility index (Phi) is 8.24. The van der Waals surface area contributed by atoms with Gasteiger partial charge in [-0.15, -0.1) is 0 Å². The van der Waals surface area contributed by atoms with E-state index in [1.54, 1.807) is 7.11 Å². The van der Waals surface area contributed by atoms with Gasteiger partial charge in [0.05, 0.1) is 0 Å². The maximum Gasteiger partial charge on any atom is 0.223 e. The summed E-state index contributed by atoms with van der Waals surface area (Å²) in [6.45, 7) is 5.25. The average Bonchev–Trinajstić information content (AvgIpc) is 2.83. The maximum atomic E-state index is 12.3. The van der Waals surface area contributed by atoms with E-state index in [1.165, 1.54) is 51.6 Å². The van der Waals surface area contributed by atoms with Gasteiger partial charge in [0.15, 0.2) is 0 Å². The molecular weight excluding hydrogens is 276 g/mol. The van der Waals surface area contributed by atoms with Crippen molar-refractivity contribution < 1.29 is 9.53 Å². The Hall–Kier alpha value is -0.610. The normalized spacial score (nSPS) is 22.4.